The highest BCUT2D eigenvalue weighted by molar-refractivity contribution is 9.10. The zero-order valence-corrected chi connectivity index (χ0v) is 11.3. The summed E-state index contributed by atoms with van der Waals surface area (Å²) < 4.78 is 14.1. The third-order valence-corrected chi connectivity index (χ3v) is 3.02. The molecule has 0 spiro atoms. The lowest BCUT2D eigenvalue weighted by atomic mass is 10.2. The molecule has 0 saturated heterocycles. The van der Waals surface area contributed by atoms with Crippen LogP contribution in [0.25, 0.3) is 0 Å². The first kappa shape index (κ1) is 13.0. The van der Waals surface area contributed by atoms with Gasteiger partial charge in [-0.25, -0.2) is 4.39 Å². The van der Waals surface area contributed by atoms with E-state index in [1.165, 1.54) is 12.3 Å². The second-order valence-electron chi connectivity index (χ2n) is 3.43. The van der Waals surface area contributed by atoms with Crippen molar-refractivity contribution in [3.05, 3.63) is 57.5 Å². The van der Waals surface area contributed by atoms with Crippen molar-refractivity contribution in [2.24, 2.45) is 0 Å². The van der Waals surface area contributed by atoms with Crippen molar-refractivity contribution in [1.82, 2.24) is 4.98 Å². The van der Waals surface area contributed by atoms with E-state index >= 15 is 0 Å². The van der Waals surface area contributed by atoms with Gasteiger partial charge in [0.05, 0.1) is 22.5 Å². The minimum atomic E-state index is -0.680. The van der Waals surface area contributed by atoms with Crippen LogP contribution in [-0.4, -0.2) is 10.9 Å². The fourth-order valence-electron chi connectivity index (χ4n) is 1.34. The van der Waals surface area contributed by atoms with Crippen molar-refractivity contribution < 1.29 is 9.18 Å². The van der Waals surface area contributed by atoms with Gasteiger partial charge in [0.1, 0.15) is 0 Å². The Morgan fingerprint density at radius 2 is 2.17 bits per heavy atom. The Morgan fingerprint density at radius 3 is 2.89 bits per heavy atom. The molecule has 0 radical (unpaired) electrons. The predicted octanol–water partition coefficient (Wildman–Crippen LogP) is 3.89. The Morgan fingerprint density at radius 1 is 1.39 bits per heavy atom. The number of carbonyl (C=O) groups is 1. The lowest BCUT2D eigenvalue weighted by molar-refractivity contribution is 0.102. The van der Waals surface area contributed by atoms with E-state index in [9.17, 15) is 9.18 Å². The molecule has 0 bridgehead atoms. The summed E-state index contributed by atoms with van der Waals surface area (Å²) in [6, 6.07) is 6.31. The third kappa shape index (κ3) is 2.86. The SMILES string of the molecule is O=C(Nc1cc(Br)ccc1Cl)c1ccncc1F. The summed E-state index contributed by atoms with van der Waals surface area (Å²) >= 11 is 9.19. The predicted molar refractivity (Wildman–Crippen MR) is 71.3 cm³/mol. The standard InChI is InChI=1S/C12H7BrClFN2O/c13-7-1-2-9(14)11(5-7)17-12(18)8-3-4-16-6-10(8)15/h1-6H,(H,17,18). The molecule has 0 aliphatic rings. The Hall–Kier alpha value is -1.46. The maximum atomic E-state index is 13.4. The molecule has 2 rings (SSSR count). The van der Waals surface area contributed by atoms with Crippen molar-refractivity contribution in [3.8, 4) is 0 Å². The topological polar surface area (TPSA) is 42.0 Å². The van der Waals surface area contributed by atoms with Crippen molar-refractivity contribution in [3.63, 3.8) is 0 Å². The van der Waals surface area contributed by atoms with Crippen LogP contribution in [0.2, 0.25) is 5.02 Å². The van der Waals surface area contributed by atoms with Gasteiger partial charge in [0.2, 0.25) is 0 Å². The highest BCUT2D eigenvalue weighted by Gasteiger charge is 2.13. The number of hydrogen-bond acceptors (Lipinski definition) is 2. The number of benzene rings is 1. The molecule has 0 saturated carbocycles. The van der Waals surface area contributed by atoms with Gasteiger partial charge >= 0.3 is 0 Å². The van der Waals surface area contributed by atoms with Gasteiger partial charge in [0, 0.05) is 10.7 Å². The van der Waals surface area contributed by atoms with Gasteiger partial charge in [-0.1, -0.05) is 27.5 Å². The Kier molecular flexibility index (Phi) is 3.93. The van der Waals surface area contributed by atoms with E-state index in [2.05, 4.69) is 26.2 Å². The Labute approximate surface area is 116 Å². The Bertz CT molecular complexity index is 606. The number of pyridine rings is 1. The summed E-state index contributed by atoms with van der Waals surface area (Å²) in [5.41, 5.74) is 0.327. The van der Waals surface area contributed by atoms with Crippen LogP contribution in [0.1, 0.15) is 10.4 Å². The molecular formula is C12H7BrClFN2O. The van der Waals surface area contributed by atoms with Gasteiger partial charge in [0.25, 0.3) is 5.91 Å². The molecule has 0 atom stereocenters. The molecule has 6 heteroatoms. The van der Waals surface area contributed by atoms with Crippen LogP contribution < -0.4 is 5.32 Å². The number of nitrogens with one attached hydrogen (secondary N) is 1. The maximum Gasteiger partial charge on any atom is 0.258 e. The van der Waals surface area contributed by atoms with Crippen molar-refractivity contribution in [2.75, 3.05) is 5.32 Å². The molecule has 0 unspecified atom stereocenters. The summed E-state index contributed by atoms with van der Waals surface area (Å²) in [5.74, 6) is -1.25. The molecule has 18 heavy (non-hydrogen) atoms. The van der Waals surface area contributed by atoms with E-state index in [-0.39, 0.29) is 5.56 Å². The van der Waals surface area contributed by atoms with Crippen LogP contribution in [0, 0.1) is 5.82 Å². The van der Waals surface area contributed by atoms with E-state index in [4.69, 9.17) is 11.6 Å². The number of rotatable bonds is 2. The van der Waals surface area contributed by atoms with E-state index in [0.717, 1.165) is 10.7 Å². The summed E-state index contributed by atoms with van der Waals surface area (Å²) in [7, 11) is 0. The normalized spacial score (nSPS) is 10.2. The van der Waals surface area contributed by atoms with Crippen LogP contribution in [0.15, 0.2) is 41.1 Å². The summed E-state index contributed by atoms with van der Waals surface area (Å²) in [5, 5.41) is 2.92. The summed E-state index contributed by atoms with van der Waals surface area (Å²) in [6.07, 6.45) is 2.33. The molecule has 1 N–H and O–H groups in total. The minimum absolute atomic E-state index is 0.0824. The maximum absolute atomic E-state index is 13.4. The lowest BCUT2D eigenvalue weighted by Crippen LogP contribution is -2.14. The molecule has 0 aliphatic heterocycles. The number of halogens is 3. The fraction of sp³-hybridized carbons (Fsp3) is 0. The molecule has 1 aromatic carbocycles. The number of carbonyl (C=O) groups excluding carboxylic acids is 1. The molecule has 3 nitrogen and oxygen atoms in total. The first-order chi connectivity index (χ1) is 8.58. The molecule has 2 aromatic rings. The number of hydrogen-bond donors (Lipinski definition) is 1. The number of nitrogens with zero attached hydrogens (tertiary/aromatic N) is 1. The van der Waals surface area contributed by atoms with E-state index in [0.29, 0.717) is 10.7 Å². The molecule has 0 aliphatic carbocycles. The summed E-state index contributed by atoms with van der Waals surface area (Å²) in [6.45, 7) is 0. The smallest absolute Gasteiger partial charge is 0.258 e. The third-order valence-electron chi connectivity index (χ3n) is 2.19. The minimum Gasteiger partial charge on any atom is -0.321 e. The largest absolute Gasteiger partial charge is 0.321 e. The van der Waals surface area contributed by atoms with Gasteiger partial charge in [-0.2, -0.15) is 0 Å². The second kappa shape index (κ2) is 5.46. The number of aromatic nitrogens is 1. The van der Waals surface area contributed by atoms with E-state index in [1.807, 2.05) is 0 Å². The van der Waals surface area contributed by atoms with Gasteiger partial charge in [0.15, 0.2) is 5.82 Å². The Balaban J connectivity index is 2.27. The second-order valence-corrected chi connectivity index (χ2v) is 4.76. The number of anilines is 1. The lowest BCUT2D eigenvalue weighted by Gasteiger charge is -2.08. The van der Waals surface area contributed by atoms with Crippen molar-refractivity contribution >= 4 is 39.1 Å². The fourth-order valence-corrected chi connectivity index (χ4v) is 1.87. The first-order valence-electron chi connectivity index (χ1n) is 4.94. The monoisotopic (exact) mass is 328 g/mol. The van der Waals surface area contributed by atoms with Crippen molar-refractivity contribution in [1.29, 1.82) is 0 Å². The van der Waals surface area contributed by atoms with Crippen LogP contribution in [0.5, 0.6) is 0 Å². The molecule has 1 aromatic heterocycles. The van der Waals surface area contributed by atoms with Gasteiger partial charge in [-0.15, -0.1) is 0 Å². The first-order valence-corrected chi connectivity index (χ1v) is 6.11. The molecule has 1 amide bonds. The zero-order valence-electron chi connectivity index (χ0n) is 8.95. The van der Waals surface area contributed by atoms with Crippen LogP contribution in [0.3, 0.4) is 0 Å². The van der Waals surface area contributed by atoms with Crippen LogP contribution in [-0.2, 0) is 0 Å². The van der Waals surface area contributed by atoms with E-state index in [1.54, 1.807) is 18.2 Å². The quantitative estimate of drug-likeness (QED) is 0.908. The highest BCUT2D eigenvalue weighted by Crippen LogP contribution is 2.26. The molecule has 1 heterocycles. The average molecular weight is 330 g/mol. The summed E-state index contributed by atoms with van der Waals surface area (Å²) in [4.78, 5) is 15.4. The molecular weight excluding hydrogens is 322 g/mol. The van der Waals surface area contributed by atoms with Crippen LogP contribution >= 0.6 is 27.5 Å². The molecule has 92 valence electrons. The highest BCUT2D eigenvalue weighted by atomic mass is 79.9. The zero-order chi connectivity index (χ0) is 13.1. The van der Waals surface area contributed by atoms with E-state index < -0.39 is 11.7 Å². The molecule has 0 fully saturated rings. The van der Waals surface area contributed by atoms with Crippen molar-refractivity contribution in [2.45, 2.75) is 0 Å². The van der Waals surface area contributed by atoms with Gasteiger partial charge in [-0.05, 0) is 24.3 Å². The van der Waals surface area contributed by atoms with Gasteiger partial charge < -0.3 is 5.32 Å². The van der Waals surface area contributed by atoms with Crippen LogP contribution in [0.4, 0.5) is 10.1 Å². The number of amides is 1. The van der Waals surface area contributed by atoms with Gasteiger partial charge in [-0.3, -0.25) is 9.78 Å². The average Bonchev–Trinajstić information content (AvgIpc) is 2.34.